The maximum Gasteiger partial charge on any atom is 0.238 e. The molecule has 0 aliphatic heterocycles. The normalized spacial score (nSPS) is 8.62. The summed E-state index contributed by atoms with van der Waals surface area (Å²) in [5, 5.41) is 0. The van der Waals surface area contributed by atoms with Gasteiger partial charge in [0.2, 0.25) is 6.43 Å². The zero-order chi connectivity index (χ0) is 10.3. The fourth-order valence-electron chi connectivity index (χ4n) is 0.650. The van der Waals surface area contributed by atoms with E-state index >= 15 is 0 Å². The van der Waals surface area contributed by atoms with Gasteiger partial charge in [0.15, 0.2) is 0 Å². The second kappa shape index (κ2) is 6.19. The van der Waals surface area contributed by atoms with Crippen LogP contribution in [-0.4, -0.2) is 6.43 Å². The summed E-state index contributed by atoms with van der Waals surface area (Å²) < 4.78 is 20.4. The van der Waals surface area contributed by atoms with E-state index in [9.17, 15) is 8.78 Å². The monoisotopic (exact) mass is 181 g/mol. The molecule has 0 atom stereocenters. The first-order chi connectivity index (χ1) is 6.06. The molecule has 1 radical (unpaired) electrons. The van der Waals surface area contributed by atoms with Gasteiger partial charge < -0.3 is 0 Å². The highest BCUT2D eigenvalue weighted by atomic mass is 19.3. The lowest BCUT2D eigenvalue weighted by atomic mass is 10.2. The van der Waals surface area contributed by atoms with Gasteiger partial charge in [-0.25, -0.2) is 8.78 Å². The molecule has 0 heterocycles. The van der Waals surface area contributed by atoms with Crippen LogP contribution in [-0.2, 0) is 0 Å². The minimum absolute atomic E-state index is 0.945. The molecule has 0 aromatic heterocycles. The largest absolute Gasteiger partial charge is 0.238 e. The Balaban J connectivity index is 0.000000310. The molecule has 13 heavy (non-hydrogen) atoms. The van der Waals surface area contributed by atoms with Crippen LogP contribution < -0.4 is 0 Å². The number of terminal acetylenes is 1. The van der Waals surface area contributed by atoms with E-state index < -0.39 is 6.43 Å². The van der Waals surface area contributed by atoms with Crippen molar-refractivity contribution in [1.29, 1.82) is 0 Å². The van der Waals surface area contributed by atoms with E-state index in [0.717, 1.165) is 5.56 Å². The van der Waals surface area contributed by atoms with Crippen LogP contribution in [0.15, 0.2) is 24.3 Å². The van der Waals surface area contributed by atoms with Crippen molar-refractivity contribution in [3.05, 3.63) is 42.3 Å². The fourth-order valence-corrected chi connectivity index (χ4v) is 0.650. The van der Waals surface area contributed by atoms with Gasteiger partial charge in [-0.05, 0) is 19.1 Å². The van der Waals surface area contributed by atoms with Crippen molar-refractivity contribution in [1.82, 2.24) is 0 Å². The molecule has 0 saturated heterocycles. The minimum Gasteiger partial charge on any atom is -0.211 e. The average Bonchev–Trinajstić information content (AvgIpc) is 2.05. The van der Waals surface area contributed by atoms with Crippen molar-refractivity contribution in [2.24, 2.45) is 0 Å². The third-order valence-electron chi connectivity index (χ3n) is 1.22. The van der Waals surface area contributed by atoms with Gasteiger partial charge in [0.25, 0.3) is 0 Å². The molecular weight excluding hydrogens is 170 g/mol. The second-order valence-corrected chi connectivity index (χ2v) is 2.40. The predicted molar refractivity (Wildman–Crippen MR) is 50.5 cm³/mol. The van der Waals surface area contributed by atoms with Crippen molar-refractivity contribution in [2.75, 3.05) is 0 Å². The first-order valence-corrected chi connectivity index (χ1v) is 3.70. The molecule has 69 valence electrons. The molecule has 0 saturated carbocycles. The maximum atomic E-state index is 10.2. The fraction of sp³-hybridized carbons (Fsp3) is 0.182. The van der Waals surface area contributed by atoms with Crippen molar-refractivity contribution < 1.29 is 8.78 Å². The molecule has 1 rings (SSSR count). The summed E-state index contributed by atoms with van der Waals surface area (Å²) in [6.45, 7) is 4.35. The average molecular weight is 181 g/mol. The highest BCUT2D eigenvalue weighted by Gasteiger charge is 1.82. The standard InChI is InChI=1S/C9H8.C2H3F2/c1-3-9-6-4-8(2)5-7-9;1-2(3)4/h1,4-7H,2H3;2H,1H2. The number of benzene rings is 1. The van der Waals surface area contributed by atoms with Crippen molar-refractivity contribution >= 4 is 0 Å². The van der Waals surface area contributed by atoms with Gasteiger partial charge >= 0.3 is 0 Å². The molecule has 0 amide bonds. The number of hydrogen-bond acceptors (Lipinski definition) is 0. The number of aryl methyl sites for hydroxylation is 1. The Morgan fingerprint density at radius 1 is 1.31 bits per heavy atom. The third kappa shape index (κ3) is 7.02. The summed E-state index contributed by atoms with van der Waals surface area (Å²) >= 11 is 0. The summed E-state index contributed by atoms with van der Waals surface area (Å²) in [5.74, 6) is 2.55. The number of rotatable bonds is 0. The third-order valence-corrected chi connectivity index (χ3v) is 1.22. The van der Waals surface area contributed by atoms with Crippen molar-refractivity contribution in [3.63, 3.8) is 0 Å². The van der Waals surface area contributed by atoms with Crippen molar-refractivity contribution in [2.45, 2.75) is 13.3 Å². The molecular formula is C11H11F2. The second-order valence-electron chi connectivity index (χ2n) is 2.40. The predicted octanol–water partition coefficient (Wildman–Crippen LogP) is 3.06. The molecule has 0 N–H and O–H groups in total. The van der Waals surface area contributed by atoms with Gasteiger partial charge in [-0.3, -0.25) is 0 Å². The van der Waals surface area contributed by atoms with E-state index in [4.69, 9.17) is 6.42 Å². The van der Waals surface area contributed by atoms with Crippen LogP contribution in [0.4, 0.5) is 8.78 Å². The van der Waals surface area contributed by atoms with Gasteiger partial charge in [-0.1, -0.05) is 23.6 Å². The maximum absolute atomic E-state index is 10.2. The Labute approximate surface area is 77.6 Å². The van der Waals surface area contributed by atoms with Crippen LogP contribution in [0.25, 0.3) is 0 Å². The molecule has 0 aliphatic carbocycles. The topological polar surface area (TPSA) is 0 Å². The number of alkyl halides is 2. The SMILES string of the molecule is C#Cc1ccc(C)cc1.[CH2]C(F)F. The van der Waals surface area contributed by atoms with E-state index in [1.807, 2.05) is 31.2 Å². The summed E-state index contributed by atoms with van der Waals surface area (Å²) in [4.78, 5) is 0. The van der Waals surface area contributed by atoms with Crippen LogP contribution in [0.2, 0.25) is 0 Å². The van der Waals surface area contributed by atoms with Crippen molar-refractivity contribution in [3.8, 4) is 12.3 Å². The van der Waals surface area contributed by atoms with E-state index in [2.05, 4.69) is 12.8 Å². The lowest BCUT2D eigenvalue weighted by Crippen LogP contribution is -1.72. The Bertz CT molecular complexity index is 264. The van der Waals surface area contributed by atoms with E-state index in [1.54, 1.807) is 0 Å². The van der Waals surface area contributed by atoms with E-state index in [0.29, 0.717) is 0 Å². The van der Waals surface area contributed by atoms with Crippen LogP contribution >= 0.6 is 0 Å². The highest BCUT2D eigenvalue weighted by Crippen LogP contribution is 1.99. The molecule has 0 spiro atoms. The zero-order valence-electron chi connectivity index (χ0n) is 7.43. The summed E-state index contributed by atoms with van der Waals surface area (Å²) in [6.07, 6.45) is 2.73. The minimum atomic E-state index is -2.42. The van der Waals surface area contributed by atoms with Crippen LogP contribution in [0.5, 0.6) is 0 Å². The van der Waals surface area contributed by atoms with Gasteiger partial charge in [0.05, 0.1) is 0 Å². The molecule has 0 fully saturated rings. The molecule has 0 unspecified atom stereocenters. The van der Waals surface area contributed by atoms with Crippen LogP contribution in [0.1, 0.15) is 11.1 Å². The smallest absolute Gasteiger partial charge is 0.211 e. The Kier molecular flexibility index (Phi) is 5.54. The number of halogens is 2. The van der Waals surface area contributed by atoms with Crippen LogP contribution in [0, 0.1) is 26.2 Å². The summed E-state index contributed by atoms with van der Waals surface area (Å²) in [7, 11) is 0. The molecule has 0 bridgehead atoms. The molecule has 0 aliphatic rings. The quantitative estimate of drug-likeness (QED) is 0.539. The summed E-state index contributed by atoms with van der Waals surface area (Å²) in [6, 6.07) is 7.90. The zero-order valence-corrected chi connectivity index (χ0v) is 7.43. The molecule has 1 aromatic carbocycles. The van der Waals surface area contributed by atoms with E-state index in [1.165, 1.54) is 5.56 Å². The Hall–Kier alpha value is -1.36. The first kappa shape index (κ1) is 11.6. The van der Waals surface area contributed by atoms with E-state index in [-0.39, 0.29) is 0 Å². The molecule has 2 heteroatoms. The highest BCUT2D eigenvalue weighted by molar-refractivity contribution is 5.33. The van der Waals surface area contributed by atoms with Crippen LogP contribution in [0.3, 0.4) is 0 Å². The summed E-state index contributed by atoms with van der Waals surface area (Å²) in [5.41, 5.74) is 2.19. The van der Waals surface area contributed by atoms with Gasteiger partial charge in [-0.2, -0.15) is 0 Å². The van der Waals surface area contributed by atoms with Gasteiger partial charge in [-0.15, -0.1) is 6.42 Å². The van der Waals surface area contributed by atoms with Gasteiger partial charge in [0.1, 0.15) is 0 Å². The Morgan fingerprint density at radius 3 is 2.00 bits per heavy atom. The molecule has 0 nitrogen and oxygen atoms in total. The first-order valence-electron chi connectivity index (χ1n) is 3.70. The van der Waals surface area contributed by atoms with Gasteiger partial charge in [0, 0.05) is 12.5 Å². The Morgan fingerprint density at radius 2 is 1.69 bits per heavy atom. The lowest BCUT2D eigenvalue weighted by Gasteiger charge is -1.89. The molecule has 1 aromatic rings. The number of hydrogen-bond donors (Lipinski definition) is 0. The lowest BCUT2D eigenvalue weighted by molar-refractivity contribution is 0.201.